The molecule has 0 aliphatic carbocycles. The molecule has 2 fully saturated rings. The molecule has 170 valence electrons. The highest BCUT2D eigenvalue weighted by molar-refractivity contribution is 7.91. The topological polar surface area (TPSA) is 106 Å². The van der Waals surface area contributed by atoms with Crippen molar-refractivity contribution in [3.63, 3.8) is 0 Å². The first-order valence-electron chi connectivity index (χ1n) is 9.39. The number of hydrogen-bond donors (Lipinski definition) is 1. The summed E-state index contributed by atoms with van der Waals surface area (Å²) in [6, 6.07) is 5.65. The van der Waals surface area contributed by atoms with Crippen molar-refractivity contribution in [3.8, 4) is 5.88 Å². The lowest BCUT2D eigenvalue weighted by Gasteiger charge is -2.53. The molecule has 1 N–H and O–H groups in total. The monoisotopic (exact) mass is 454 g/mol. The average molecular weight is 454 g/mol. The Morgan fingerprint density at radius 2 is 2.07 bits per heavy atom. The van der Waals surface area contributed by atoms with Gasteiger partial charge in [-0.05, 0) is 6.07 Å². The lowest BCUT2D eigenvalue weighted by Crippen LogP contribution is -2.66. The summed E-state index contributed by atoms with van der Waals surface area (Å²) in [5.74, 6) is -1.66. The molecule has 2 aliphatic rings. The quantitative estimate of drug-likeness (QED) is 0.693. The van der Waals surface area contributed by atoms with Crippen LogP contribution in [0.1, 0.15) is 19.8 Å². The maximum absolute atomic E-state index is 11.6. The zero-order valence-corrected chi connectivity index (χ0v) is 17.3. The largest absolute Gasteiger partial charge is 0.490 e. The number of aromatic nitrogens is 1. The molecular weight excluding hydrogens is 429 g/mol. The Balaban J connectivity index is 0.000000396. The molecule has 3 rings (SSSR count). The van der Waals surface area contributed by atoms with E-state index in [4.69, 9.17) is 19.4 Å². The molecule has 1 unspecified atom stereocenters. The molecule has 0 aromatic carbocycles. The number of aliphatic carboxylic acids is 1. The summed E-state index contributed by atoms with van der Waals surface area (Å²) in [7, 11) is -2.90. The number of pyridine rings is 1. The Morgan fingerprint density at radius 3 is 2.60 bits per heavy atom. The van der Waals surface area contributed by atoms with Crippen molar-refractivity contribution in [1.29, 1.82) is 0 Å². The van der Waals surface area contributed by atoms with Gasteiger partial charge >= 0.3 is 12.1 Å². The number of nitrogens with zero attached hydrogens (tertiary/aromatic N) is 2. The molecule has 0 bridgehead atoms. The van der Waals surface area contributed by atoms with Gasteiger partial charge in [0, 0.05) is 50.5 Å². The number of ether oxygens (including phenoxy) is 2. The van der Waals surface area contributed by atoms with Crippen LogP contribution in [0.3, 0.4) is 0 Å². The Labute approximate surface area is 172 Å². The van der Waals surface area contributed by atoms with E-state index in [9.17, 15) is 21.6 Å². The summed E-state index contributed by atoms with van der Waals surface area (Å²) in [5.41, 5.74) is -0.173. The van der Waals surface area contributed by atoms with Crippen LogP contribution in [0.15, 0.2) is 24.4 Å². The first kappa shape index (κ1) is 24.4. The van der Waals surface area contributed by atoms with Gasteiger partial charge in [-0.25, -0.2) is 18.2 Å². The molecule has 0 radical (unpaired) electrons. The fraction of sp³-hybridized carbons (Fsp3) is 0.667. The molecule has 30 heavy (non-hydrogen) atoms. The van der Waals surface area contributed by atoms with Crippen molar-refractivity contribution >= 4 is 15.8 Å². The van der Waals surface area contributed by atoms with E-state index < -0.39 is 22.0 Å². The minimum absolute atomic E-state index is 0.111. The summed E-state index contributed by atoms with van der Waals surface area (Å²) in [6.07, 6.45) is -1.55. The van der Waals surface area contributed by atoms with Gasteiger partial charge in [0.1, 0.15) is 6.10 Å². The van der Waals surface area contributed by atoms with Gasteiger partial charge in [0.05, 0.1) is 18.0 Å². The van der Waals surface area contributed by atoms with Gasteiger partial charge in [-0.1, -0.05) is 13.0 Å². The fourth-order valence-corrected chi connectivity index (χ4v) is 4.06. The van der Waals surface area contributed by atoms with Crippen LogP contribution in [0.2, 0.25) is 0 Å². The van der Waals surface area contributed by atoms with E-state index in [1.54, 1.807) is 13.1 Å². The van der Waals surface area contributed by atoms with Crippen molar-refractivity contribution in [2.75, 3.05) is 37.7 Å². The Kier molecular flexibility index (Phi) is 8.06. The molecule has 1 aromatic heterocycles. The summed E-state index contributed by atoms with van der Waals surface area (Å²) in [4.78, 5) is 15.3. The van der Waals surface area contributed by atoms with Crippen LogP contribution in [-0.4, -0.2) is 85.0 Å². The normalized spacial score (nSPS) is 21.3. The molecule has 0 amide bonds. The number of carboxylic acid groups (broad SMARTS) is 1. The molecule has 1 spiro atoms. The van der Waals surface area contributed by atoms with E-state index in [0.717, 1.165) is 25.9 Å². The first-order valence-corrected chi connectivity index (χ1v) is 11.2. The number of sulfone groups is 1. The average Bonchev–Trinajstić information content (AvgIpc) is 2.65. The van der Waals surface area contributed by atoms with Crippen molar-refractivity contribution in [2.45, 2.75) is 37.6 Å². The summed E-state index contributed by atoms with van der Waals surface area (Å²) >= 11 is 0. The Bertz CT molecular complexity index is 798. The van der Waals surface area contributed by atoms with Gasteiger partial charge in [-0.15, -0.1) is 0 Å². The third-order valence-electron chi connectivity index (χ3n) is 4.80. The molecule has 12 heteroatoms. The minimum atomic E-state index is -5.08. The molecule has 0 saturated carbocycles. The maximum atomic E-state index is 11.6. The molecule has 2 saturated heterocycles. The number of halogens is 3. The van der Waals surface area contributed by atoms with Crippen LogP contribution in [0.5, 0.6) is 5.88 Å². The van der Waals surface area contributed by atoms with Crippen LogP contribution in [-0.2, 0) is 19.4 Å². The summed E-state index contributed by atoms with van der Waals surface area (Å²) < 4.78 is 66.8. The molecule has 1 atom stereocenters. The number of carbonyl (C=O) groups is 1. The van der Waals surface area contributed by atoms with Gasteiger partial charge in [-0.3, -0.25) is 4.90 Å². The SMILES string of the molecule is CCS(=O)(=O)CCN1CC2(CC(Oc3ccccn3)CCO2)C1.O=C(O)C(F)(F)F. The highest BCUT2D eigenvalue weighted by Crippen LogP contribution is 2.35. The highest BCUT2D eigenvalue weighted by atomic mass is 32.2. The number of carboxylic acids is 1. The van der Waals surface area contributed by atoms with Gasteiger partial charge in [-0.2, -0.15) is 13.2 Å². The minimum Gasteiger partial charge on any atom is -0.475 e. The smallest absolute Gasteiger partial charge is 0.475 e. The second-order valence-corrected chi connectivity index (χ2v) is 9.65. The summed E-state index contributed by atoms with van der Waals surface area (Å²) in [5, 5.41) is 7.12. The Morgan fingerprint density at radius 1 is 1.40 bits per heavy atom. The highest BCUT2D eigenvalue weighted by Gasteiger charge is 2.48. The van der Waals surface area contributed by atoms with E-state index in [2.05, 4.69) is 9.88 Å². The van der Waals surface area contributed by atoms with Crippen LogP contribution in [0.4, 0.5) is 13.2 Å². The zero-order valence-electron chi connectivity index (χ0n) is 16.5. The van der Waals surface area contributed by atoms with Gasteiger partial charge < -0.3 is 14.6 Å². The van der Waals surface area contributed by atoms with E-state index >= 15 is 0 Å². The van der Waals surface area contributed by atoms with Crippen molar-refractivity contribution in [1.82, 2.24) is 9.88 Å². The van der Waals surface area contributed by atoms with Crippen molar-refractivity contribution in [2.24, 2.45) is 0 Å². The van der Waals surface area contributed by atoms with E-state index in [0.29, 0.717) is 19.0 Å². The van der Waals surface area contributed by atoms with Crippen LogP contribution < -0.4 is 4.74 Å². The number of hydrogen-bond acceptors (Lipinski definition) is 7. The van der Waals surface area contributed by atoms with Crippen LogP contribution >= 0.6 is 0 Å². The number of likely N-dealkylation sites (tertiary alicyclic amines) is 1. The third-order valence-corrected chi connectivity index (χ3v) is 6.48. The standard InChI is InChI=1S/C16H24N2O4S.C2HF3O2/c1-2-23(19,20)10-8-18-12-16(13-18)11-14(6-9-21-16)22-15-5-3-4-7-17-15;3-2(4,5)1(6)7/h3-5,7,14H,2,6,8-13H2,1H3;(H,6,7). The lowest BCUT2D eigenvalue weighted by atomic mass is 9.85. The second-order valence-electron chi connectivity index (χ2n) is 7.18. The number of alkyl halides is 3. The molecule has 1 aromatic rings. The van der Waals surface area contributed by atoms with Crippen LogP contribution in [0.25, 0.3) is 0 Å². The van der Waals surface area contributed by atoms with E-state index in [-0.39, 0.29) is 23.2 Å². The predicted molar refractivity (Wildman–Crippen MR) is 101 cm³/mol. The predicted octanol–water partition coefficient (Wildman–Crippen LogP) is 1.76. The fourth-order valence-electron chi connectivity index (χ4n) is 3.23. The van der Waals surface area contributed by atoms with Gasteiger partial charge in [0.15, 0.2) is 9.84 Å². The van der Waals surface area contributed by atoms with Crippen molar-refractivity contribution in [3.05, 3.63) is 24.4 Å². The second kappa shape index (κ2) is 9.92. The molecule has 2 aliphatic heterocycles. The Hall–Kier alpha value is -1.92. The van der Waals surface area contributed by atoms with Crippen LogP contribution in [0, 0.1) is 0 Å². The number of rotatable bonds is 6. The van der Waals surface area contributed by atoms with E-state index in [1.807, 2.05) is 18.2 Å². The van der Waals surface area contributed by atoms with E-state index in [1.165, 1.54) is 0 Å². The molecular formula is C18H25F3N2O6S. The van der Waals surface area contributed by atoms with Gasteiger partial charge in [0.25, 0.3) is 0 Å². The van der Waals surface area contributed by atoms with Gasteiger partial charge in [0.2, 0.25) is 5.88 Å². The molecule has 3 heterocycles. The van der Waals surface area contributed by atoms with Crippen molar-refractivity contribution < 1.29 is 41.0 Å². The zero-order chi connectivity index (χ0) is 22.4. The summed E-state index contributed by atoms with van der Waals surface area (Å²) in [6.45, 7) is 4.53. The lowest BCUT2D eigenvalue weighted by molar-refractivity contribution is -0.192. The first-order chi connectivity index (χ1) is 13.9. The molecule has 8 nitrogen and oxygen atoms in total. The third kappa shape index (κ3) is 7.40. The maximum Gasteiger partial charge on any atom is 0.490 e.